The fourth-order valence-corrected chi connectivity index (χ4v) is 10.7. The number of likely N-dealkylation sites (tertiary alicyclic amines) is 1. The summed E-state index contributed by atoms with van der Waals surface area (Å²) in [7, 11) is -0.959. The van der Waals surface area contributed by atoms with Crippen molar-refractivity contribution < 1.29 is 41.4 Å². The monoisotopic (exact) mass is 914 g/mol. The number of imide groups is 1. The average Bonchev–Trinajstić information content (AvgIpc) is 3.84. The van der Waals surface area contributed by atoms with Crippen molar-refractivity contribution in [3.05, 3.63) is 81.9 Å². The molecule has 3 unspecified atom stereocenters. The molecule has 0 radical (unpaired) electrons. The Morgan fingerprint density at radius 1 is 1.08 bits per heavy atom. The number of amides is 3. The molecule has 18 nitrogen and oxygen atoms in total. The molecule has 1 aliphatic carbocycles. The molecule has 1 saturated carbocycles. The zero-order chi connectivity index (χ0) is 45.9. The number of aliphatic hydroxyl groups excluding tert-OH is 1. The molecular weight excluding hydrogens is 867 g/mol. The predicted octanol–water partition coefficient (Wildman–Crippen LogP) is 4.77. The molecule has 342 valence electrons. The molecule has 4 aliphatic rings. The number of carbonyl (C=O) groups is 2. The highest BCUT2D eigenvalue weighted by atomic mass is 32.2. The predicted molar refractivity (Wildman–Crippen MR) is 234 cm³/mol. The molecule has 4 atom stereocenters. The van der Waals surface area contributed by atoms with Gasteiger partial charge >= 0.3 is 16.2 Å². The van der Waals surface area contributed by atoms with E-state index in [1.807, 2.05) is 6.07 Å². The Morgan fingerprint density at radius 3 is 2.58 bits per heavy atom. The zero-order valence-electron chi connectivity index (χ0n) is 36.0. The van der Waals surface area contributed by atoms with Crippen LogP contribution in [0.25, 0.3) is 21.8 Å². The fraction of sp³-hybridized carbons (Fsp3) is 0.455. The zero-order valence-corrected chi connectivity index (χ0v) is 36.8. The summed E-state index contributed by atoms with van der Waals surface area (Å²) in [5.74, 6) is -2.13. The van der Waals surface area contributed by atoms with Crippen molar-refractivity contribution in [1.29, 1.82) is 5.26 Å². The molecule has 9 rings (SSSR count). The number of aromatic nitrogens is 4. The summed E-state index contributed by atoms with van der Waals surface area (Å²) < 4.78 is 75.1. The molecule has 4 fully saturated rings. The normalized spacial score (nSPS) is 22.8. The number of piperidine rings is 1. The molecule has 3 aromatic carbocycles. The van der Waals surface area contributed by atoms with Gasteiger partial charge in [0.15, 0.2) is 17.4 Å². The van der Waals surface area contributed by atoms with Gasteiger partial charge in [0, 0.05) is 58.1 Å². The third-order valence-corrected chi connectivity index (χ3v) is 15.1. The summed E-state index contributed by atoms with van der Waals surface area (Å²) >= 11 is 0. The first kappa shape index (κ1) is 44.2. The second-order valence-electron chi connectivity index (χ2n) is 17.3. The number of nitrogens with zero attached hydrogens (tertiary/aromatic N) is 8. The van der Waals surface area contributed by atoms with E-state index in [-0.39, 0.29) is 83.8 Å². The summed E-state index contributed by atoms with van der Waals surface area (Å²) in [5.41, 5.74) is 0.109. The van der Waals surface area contributed by atoms with E-state index in [2.05, 4.69) is 25.0 Å². The van der Waals surface area contributed by atoms with Crippen LogP contribution < -0.4 is 25.2 Å². The number of nitriles is 1. The van der Waals surface area contributed by atoms with Crippen LogP contribution in [0.3, 0.4) is 0 Å². The molecule has 5 aromatic rings. The highest BCUT2D eigenvalue weighted by Crippen LogP contribution is 2.44. The van der Waals surface area contributed by atoms with Crippen LogP contribution >= 0.6 is 0 Å². The van der Waals surface area contributed by atoms with Gasteiger partial charge in [-0.05, 0) is 92.5 Å². The van der Waals surface area contributed by atoms with Crippen LogP contribution in [-0.4, -0.2) is 112 Å². The molecule has 65 heavy (non-hydrogen) atoms. The standard InChI is InChI=1S/C44H48F2N10O8S/c1-4-52(2)65(61,62)51-35-9-7-32(45)40(31(35)22-47)64-27-6-8-34-29(18-27)42(59)56(24-48-34)26-21-44(63-23-26)12-15-54(16-13-44)36-10-5-25(17-38(36)57)28-20-37-30(19-33(28)46)41(50-53(37)3)55-14-11-39(58)49-43(55)60/h6-9,18-20,24-26,36,38,51,57H,4-5,10-17,21,23H2,1-3H3,(H,49,58,60)/t25?,26-,36?,38?/m1/s1. The lowest BCUT2D eigenvalue weighted by molar-refractivity contribution is -0.120. The van der Waals surface area contributed by atoms with Crippen LogP contribution in [0.5, 0.6) is 11.5 Å². The molecule has 1 spiro atoms. The Balaban J connectivity index is 0.846. The number of anilines is 2. The van der Waals surface area contributed by atoms with Crippen molar-refractivity contribution in [2.45, 2.75) is 81.6 Å². The van der Waals surface area contributed by atoms with Crippen LogP contribution in [0, 0.1) is 23.0 Å². The van der Waals surface area contributed by atoms with Gasteiger partial charge in [0.25, 0.3) is 5.56 Å². The Hall–Kier alpha value is -6.05. The molecule has 3 N–H and O–H groups in total. The molecule has 3 amide bonds. The van der Waals surface area contributed by atoms with Gasteiger partial charge in [-0.2, -0.15) is 23.1 Å². The summed E-state index contributed by atoms with van der Waals surface area (Å²) in [6, 6.07) is 10.5. The van der Waals surface area contributed by atoms with Crippen molar-refractivity contribution in [2.24, 2.45) is 7.05 Å². The first-order valence-corrected chi connectivity index (χ1v) is 23.0. The average molecular weight is 915 g/mol. The van der Waals surface area contributed by atoms with Gasteiger partial charge < -0.3 is 14.6 Å². The van der Waals surface area contributed by atoms with Gasteiger partial charge in [-0.25, -0.2) is 18.6 Å². The molecule has 3 aliphatic heterocycles. The maximum Gasteiger partial charge on any atom is 0.329 e. The maximum atomic E-state index is 15.9. The van der Waals surface area contributed by atoms with E-state index in [1.54, 1.807) is 30.8 Å². The highest BCUT2D eigenvalue weighted by molar-refractivity contribution is 7.90. The van der Waals surface area contributed by atoms with Gasteiger partial charge in [0.2, 0.25) is 5.91 Å². The van der Waals surface area contributed by atoms with Crippen molar-refractivity contribution >= 4 is 55.5 Å². The van der Waals surface area contributed by atoms with E-state index in [0.29, 0.717) is 73.6 Å². The second kappa shape index (κ2) is 17.1. The lowest BCUT2D eigenvalue weighted by Gasteiger charge is -2.46. The summed E-state index contributed by atoms with van der Waals surface area (Å²) in [6.45, 7) is 3.54. The quantitative estimate of drug-likeness (QED) is 0.173. The third-order valence-electron chi connectivity index (χ3n) is 13.5. The number of aliphatic hydroxyl groups is 1. The van der Waals surface area contributed by atoms with Gasteiger partial charge in [-0.15, -0.1) is 0 Å². The van der Waals surface area contributed by atoms with Gasteiger partial charge in [0.05, 0.1) is 52.8 Å². The number of carbonyl (C=O) groups excluding carboxylic acids is 2. The fourth-order valence-electron chi connectivity index (χ4n) is 9.80. The Kier molecular flexibility index (Phi) is 11.6. The van der Waals surface area contributed by atoms with E-state index in [4.69, 9.17) is 9.47 Å². The van der Waals surface area contributed by atoms with Gasteiger partial charge in [-0.3, -0.25) is 38.7 Å². The SMILES string of the molecule is CCN(C)S(=O)(=O)Nc1ccc(F)c(Oc2ccc3ncn([C@H]4COC5(CCN(C6CCC(c7cc8c(cc7F)c(N7CCC(=O)NC7=O)nn8C)CC6O)CC5)C4)c(=O)c3c2)c1C#N. The van der Waals surface area contributed by atoms with E-state index < -0.39 is 45.3 Å². The van der Waals surface area contributed by atoms with Crippen molar-refractivity contribution in [2.75, 3.05) is 49.5 Å². The number of halogens is 2. The van der Waals surface area contributed by atoms with E-state index in [1.165, 1.54) is 41.0 Å². The minimum absolute atomic E-state index is 0.0385. The van der Waals surface area contributed by atoms with E-state index in [9.17, 15) is 33.2 Å². The topological polar surface area (TPSA) is 217 Å². The number of ether oxygens (including phenoxy) is 2. The number of benzene rings is 3. The van der Waals surface area contributed by atoms with E-state index in [0.717, 1.165) is 16.4 Å². The minimum atomic E-state index is -4.04. The Morgan fingerprint density at radius 2 is 1.86 bits per heavy atom. The smallest absolute Gasteiger partial charge is 0.329 e. The summed E-state index contributed by atoms with van der Waals surface area (Å²) in [6.07, 6.45) is 4.52. The lowest BCUT2D eigenvalue weighted by Crippen LogP contribution is -2.53. The number of hydrogen-bond acceptors (Lipinski definition) is 12. The number of rotatable bonds is 10. The molecule has 0 bridgehead atoms. The van der Waals surface area contributed by atoms with Crippen LogP contribution in [0.2, 0.25) is 0 Å². The number of aryl methyl sites for hydroxylation is 1. The van der Waals surface area contributed by atoms with Gasteiger partial charge in [0.1, 0.15) is 23.2 Å². The number of fused-ring (bicyclic) bond motifs is 2. The van der Waals surface area contributed by atoms with Crippen molar-refractivity contribution in [3.8, 4) is 17.6 Å². The van der Waals surface area contributed by atoms with Crippen LogP contribution in [-0.2, 0) is 26.8 Å². The minimum Gasteiger partial charge on any atom is -0.453 e. The van der Waals surface area contributed by atoms with Crippen molar-refractivity contribution in [3.63, 3.8) is 0 Å². The first-order valence-electron chi connectivity index (χ1n) is 21.6. The summed E-state index contributed by atoms with van der Waals surface area (Å²) in [5, 5.41) is 28.9. The van der Waals surface area contributed by atoms with Crippen molar-refractivity contribution in [1.82, 2.24) is 33.9 Å². The van der Waals surface area contributed by atoms with Crippen LogP contribution in [0.15, 0.2) is 53.6 Å². The Bertz CT molecular complexity index is 2950. The molecule has 21 heteroatoms. The number of hydrogen-bond donors (Lipinski definition) is 3. The largest absolute Gasteiger partial charge is 0.453 e. The number of urea groups is 1. The third kappa shape index (κ3) is 8.18. The van der Waals surface area contributed by atoms with Crippen LogP contribution in [0.1, 0.15) is 75.0 Å². The van der Waals surface area contributed by atoms with Crippen LogP contribution in [0.4, 0.5) is 25.1 Å². The number of nitrogens with one attached hydrogen (secondary N) is 2. The molecular formula is C44H48F2N10O8S. The summed E-state index contributed by atoms with van der Waals surface area (Å²) in [4.78, 5) is 46.4. The first-order chi connectivity index (χ1) is 31.1. The highest BCUT2D eigenvalue weighted by Gasteiger charge is 2.46. The molecule has 2 aromatic heterocycles. The van der Waals surface area contributed by atoms with E-state index >= 15 is 8.78 Å². The Labute approximate surface area is 372 Å². The van der Waals surface area contributed by atoms with Gasteiger partial charge in [-0.1, -0.05) is 6.92 Å². The second-order valence-corrected chi connectivity index (χ2v) is 19.1. The maximum absolute atomic E-state index is 15.9. The lowest BCUT2D eigenvalue weighted by atomic mass is 9.78. The molecule has 5 heterocycles. The molecule has 3 saturated heterocycles.